The summed E-state index contributed by atoms with van der Waals surface area (Å²) in [6.45, 7) is 3.53. The van der Waals surface area contributed by atoms with Gasteiger partial charge in [-0.15, -0.1) is 0 Å². The van der Waals surface area contributed by atoms with Crippen molar-refractivity contribution in [3.05, 3.63) is 90.3 Å². The minimum Gasteiger partial charge on any atom is -0.508 e. The molecule has 6 nitrogen and oxygen atoms in total. The summed E-state index contributed by atoms with van der Waals surface area (Å²) in [6.07, 6.45) is 1.83. The first-order valence-electron chi connectivity index (χ1n) is 10.5. The predicted molar refractivity (Wildman–Crippen MR) is 122 cm³/mol. The molecule has 156 valence electrons. The number of carbonyl (C=O) groups is 1. The first-order chi connectivity index (χ1) is 15.2. The number of anilines is 1. The molecule has 0 saturated carbocycles. The summed E-state index contributed by atoms with van der Waals surface area (Å²) in [4.78, 5) is 21.7. The van der Waals surface area contributed by atoms with Crippen molar-refractivity contribution in [1.29, 1.82) is 0 Å². The van der Waals surface area contributed by atoms with Crippen LogP contribution in [0.5, 0.6) is 5.75 Å². The van der Waals surface area contributed by atoms with Crippen LogP contribution in [0.4, 0.5) is 5.69 Å². The molecular weight excluding hydrogens is 388 g/mol. The van der Waals surface area contributed by atoms with Crippen LogP contribution in [0.2, 0.25) is 0 Å². The Hall–Kier alpha value is -3.80. The highest BCUT2D eigenvalue weighted by Gasteiger charge is 2.23. The van der Waals surface area contributed by atoms with Crippen molar-refractivity contribution in [3.8, 4) is 5.75 Å². The van der Waals surface area contributed by atoms with Crippen molar-refractivity contribution >= 4 is 22.6 Å². The van der Waals surface area contributed by atoms with Crippen molar-refractivity contribution in [2.45, 2.75) is 6.54 Å². The molecule has 0 spiro atoms. The molecule has 6 heteroatoms. The number of imidazole rings is 1. The van der Waals surface area contributed by atoms with E-state index in [2.05, 4.69) is 26.6 Å². The van der Waals surface area contributed by atoms with Gasteiger partial charge in [-0.2, -0.15) is 0 Å². The standard InChI is InChI=1S/C25H24N4O2/c30-22-8-4-7-21(16-22)27-11-13-28(14-12-27)25(31)20-9-10-24-23(15-20)26-18-29(24)17-19-5-2-1-3-6-19/h1-10,15-16,18,30H,11-14,17H2. The average molecular weight is 412 g/mol. The molecule has 0 atom stereocenters. The summed E-state index contributed by atoms with van der Waals surface area (Å²) in [6, 6.07) is 23.3. The number of aromatic nitrogens is 2. The third-order valence-electron chi connectivity index (χ3n) is 5.83. The van der Waals surface area contributed by atoms with Crippen LogP contribution in [0.25, 0.3) is 11.0 Å². The number of fused-ring (bicyclic) bond motifs is 1. The molecule has 3 aromatic carbocycles. The number of hydrogen-bond donors (Lipinski definition) is 1. The third-order valence-corrected chi connectivity index (χ3v) is 5.83. The molecule has 1 fully saturated rings. The average Bonchev–Trinajstić information content (AvgIpc) is 3.21. The number of rotatable bonds is 4. The number of amides is 1. The fourth-order valence-corrected chi connectivity index (χ4v) is 4.14. The van der Waals surface area contributed by atoms with Gasteiger partial charge in [0.2, 0.25) is 0 Å². The SMILES string of the molecule is O=C(c1ccc2c(c1)ncn2Cc1ccccc1)N1CCN(c2cccc(O)c2)CC1. The maximum Gasteiger partial charge on any atom is 0.254 e. The second-order valence-electron chi connectivity index (χ2n) is 7.86. The zero-order chi connectivity index (χ0) is 21.2. The van der Waals surface area contributed by atoms with Crippen molar-refractivity contribution in [1.82, 2.24) is 14.5 Å². The molecule has 31 heavy (non-hydrogen) atoms. The second-order valence-corrected chi connectivity index (χ2v) is 7.86. The van der Waals surface area contributed by atoms with E-state index in [1.165, 1.54) is 5.56 Å². The number of aromatic hydroxyl groups is 1. The Bertz CT molecular complexity index is 1210. The highest BCUT2D eigenvalue weighted by molar-refractivity contribution is 5.97. The molecule has 1 amide bonds. The van der Waals surface area contributed by atoms with E-state index in [1.807, 2.05) is 59.8 Å². The highest BCUT2D eigenvalue weighted by atomic mass is 16.3. The highest BCUT2D eigenvalue weighted by Crippen LogP contribution is 2.22. The minimum atomic E-state index is 0.0371. The second kappa shape index (κ2) is 8.14. The normalized spacial score (nSPS) is 14.2. The van der Waals surface area contributed by atoms with Gasteiger partial charge in [-0.05, 0) is 35.9 Å². The van der Waals surface area contributed by atoms with Gasteiger partial charge in [0.25, 0.3) is 5.91 Å². The minimum absolute atomic E-state index is 0.0371. The molecular formula is C25H24N4O2. The van der Waals surface area contributed by atoms with E-state index in [0.29, 0.717) is 18.7 Å². The maximum absolute atomic E-state index is 13.1. The maximum atomic E-state index is 13.1. The quantitative estimate of drug-likeness (QED) is 0.555. The van der Waals surface area contributed by atoms with Gasteiger partial charge in [0.15, 0.2) is 0 Å². The molecule has 1 saturated heterocycles. The van der Waals surface area contributed by atoms with Crippen molar-refractivity contribution in [3.63, 3.8) is 0 Å². The Kier molecular flexibility index (Phi) is 5.04. The Morgan fingerprint density at radius 2 is 1.71 bits per heavy atom. The van der Waals surface area contributed by atoms with E-state index in [0.717, 1.165) is 36.4 Å². The van der Waals surface area contributed by atoms with Gasteiger partial charge in [0.05, 0.1) is 17.4 Å². The molecule has 0 bridgehead atoms. The van der Waals surface area contributed by atoms with Crippen LogP contribution in [-0.2, 0) is 6.54 Å². The van der Waals surface area contributed by atoms with Crippen LogP contribution in [0.1, 0.15) is 15.9 Å². The summed E-state index contributed by atoms with van der Waals surface area (Å²) in [5.74, 6) is 0.297. The van der Waals surface area contributed by atoms with Gasteiger partial charge in [0.1, 0.15) is 5.75 Å². The summed E-state index contributed by atoms with van der Waals surface area (Å²) in [5.41, 5.74) is 4.72. The van der Waals surface area contributed by atoms with Crippen LogP contribution in [-0.4, -0.2) is 51.6 Å². The Labute approximate surface area is 181 Å². The van der Waals surface area contributed by atoms with E-state index in [-0.39, 0.29) is 11.7 Å². The molecule has 1 aromatic heterocycles. The summed E-state index contributed by atoms with van der Waals surface area (Å²) < 4.78 is 2.10. The largest absolute Gasteiger partial charge is 0.508 e. The third kappa shape index (κ3) is 3.97. The molecule has 0 radical (unpaired) electrons. The lowest BCUT2D eigenvalue weighted by molar-refractivity contribution is 0.0747. The Balaban J connectivity index is 1.28. The molecule has 0 aliphatic carbocycles. The van der Waals surface area contributed by atoms with E-state index in [4.69, 9.17) is 0 Å². The van der Waals surface area contributed by atoms with Gasteiger partial charge in [-0.3, -0.25) is 4.79 Å². The van der Waals surface area contributed by atoms with Gasteiger partial charge in [-0.25, -0.2) is 4.98 Å². The number of piperazine rings is 1. The Morgan fingerprint density at radius 1 is 0.903 bits per heavy atom. The summed E-state index contributed by atoms with van der Waals surface area (Å²) in [7, 11) is 0. The van der Waals surface area contributed by atoms with Gasteiger partial charge in [0, 0.05) is 50.0 Å². The van der Waals surface area contributed by atoms with Gasteiger partial charge < -0.3 is 19.5 Å². The number of phenolic OH excluding ortho intramolecular Hbond substituents is 1. The molecule has 5 rings (SSSR count). The topological polar surface area (TPSA) is 61.6 Å². The smallest absolute Gasteiger partial charge is 0.254 e. The zero-order valence-electron chi connectivity index (χ0n) is 17.2. The number of carbonyl (C=O) groups excluding carboxylic acids is 1. The van der Waals surface area contributed by atoms with Crippen molar-refractivity contribution in [2.24, 2.45) is 0 Å². The fraction of sp³-hybridized carbons (Fsp3) is 0.200. The van der Waals surface area contributed by atoms with Crippen molar-refractivity contribution in [2.75, 3.05) is 31.1 Å². The summed E-state index contributed by atoms with van der Waals surface area (Å²) in [5, 5.41) is 9.70. The molecule has 4 aromatic rings. The monoisotopic (exact) mass is 412 g/mol. The van der Waals surface area contributed by atoms with E-state index < -0.39 is 0 Å². The molecule has 1 aliphatic rings. The van der Waals surface area contributed by atoms with Crippen LogP contribution in [0.15, 0.2) is 79.1 Å². The number of nitrogens with zero attached hydrogens (tertiary/aromatic N) is 4. The molecule has 0 unspecified atom stereocenters. The first kappa shape index (κ1) is 19.2. The lowest BCUT2D eigenvalue weighted by Gasteiger charge is -2.36. The molecule has 2 heterocycles. The Morgan fingerprint density at radius 3 is 2.48 bits per heavy atom. The molecule has 1 N–H and O–H groups in total. The van der Waals surface area contributed by atoms with E-state index >= 15 is 0 Å². The zero-order valence-corrected chi connectivity index (χ0v) is 17.2. The number of phenols is 1. The van der Waals surface area contributed by atoms with E-state index in [9.17, 15) is 9.90 Å². The fourth-order valence-electron chi connectivity index (χ4n) is 4.14. The summed E-state index contributed by atoms with van der Waals surface area (Å²) >= 11 is 0. The van der Waals surface area contributed by atoms with Gasteiger partial charge in [-0.1, -0.05) is 36.4 Å². The van der Waals surface area contributed by atoms with E-state index in [1.54, 1.807) is 12.1 Å². The van der Waals surface area contributed by atoms with Crippen LogP contribution in [0, 0.1) is 0 Å². The van der Waals surface area contributed by atoms with Crippen LogP contribution < -0.4 is 4.90 Å². The lowest BCUT2D eigenvalue weighted by Crippen LogP contribution is -2.48. The van der Waals surface area contributed by atoms with Crippen molar-refractivity contribution < 1.29 is 9.90 Å². The number of benzene rings is 3. The van der Waals surface area contributed by atoms with Crippen LogP contribution >= 0.6 is 0 Å². The van der Waals surface area contributed by atoms with Crippen LogP contribution in [0.3, 0.4) is 0 Å². The number of hydrogen-bond acceptors (Lipinski definition) is 4. The lowest BCUT2D eigenvalue weighted by atomic mass is 10.1. The molecule has 1 aliphatic heterocycles. The van der Waals surface area contributed by atoms with Gasteiger partial charge >= 0.3 is 0 Å². The first-order valence-corrected chi connectivity index (χ1v) is 10.5. The predicted octanol–water partition coefficient (Wildman–Crippen LogP) is 3.75.